The van der Waals surface area contributed by atoms with Gasteiger partial charge in [0.05, 0.1) is 11.1 Å². The van der Waals surface area contributed by atoms with E-state index in [0.29, 0.717) is 12.4 Å². The van der Waals surface area contributed by atoms with E-state index in [4.69, 9.17) is 4.74 Å². The van der Waals surface area contributed by atoms with Gasteiger partial charge in [-0.25, -0.2) is 4.83 Å². The number of nitrogens with one attached hydrogen (secondary N) is 1. The van der Waals surface area contributed by atoms with E-state index < -0.39 is 10.0 Å². The summed E-state index contributed by atoms with van der Waals surface area (Å²) in [4.78, 5) is 2.34. The van der Waals surface area contributed by atoms with Gasteiger partial charge in [0.1, 0.15) is 12.4 Å². The summed E-state index contributed by atoms with van der Waals surface area (Å²) in [7, 11) is -3.63. The Morgan fingerprint density at radius 2 is 1.77 bits per heavy atom. The standard InChI is InChI=1S/C16H16N2O3S/c1-2-12-21-15-10-8-14(9-11-15)13-17-18-22(19,20)16-6-4-3-5-7-16/h2-11,13,18H,1,12H2/b17-13-. The third-order valence-electron chi connectivity index (χ3n) is 2.69. The lowest BCUT2D eigenvalue weighted by molar-refractivity contribution is 0.363. The molecule has 2 aromatic carbocycles. The maximum atomic E-state index is 11.9. The Labute approximate surface area is 130 Å². The van der Waals surface area contributed by atoms with E-state index in [-0.39, 0.29) is 4.90 Å². The van der Waals surface area contributed by atoms with Gasteiger partial charge in [-0.2, -0.15) is 13.5 Å². The van der Waals surface area contributed by atoms with Crippen molar-refractivity contribution in [3.05, 3.63) is 72.8 Å². The minimum Gasteiger partial charge on any atom is -0.490 e. The molecular weight excluding hydrogens is 300 g/mol. The summed E-state index contributed by atoms with van der Waals surface area (Å²) < 4.78 is 29.2. The SMILES string of the molecule is C=CCOc1ccc(/C=N\NS(=O)(=O)c2ccccc2)cc1. The van der Waals surface area contributed by atoms with Crippen LogP contribution in [0.3, 0.4) is 0 Å². The summed E-state index contributed by atoms with van der Waals surface area (Å²) in [6.07, 6.45) is 3.09. The normalized spacial score (nSPS) is 11.3. The van der Waals surface area contributed by atoms with E-state index in [9.17, 15) is 8.42 Å². The van der Waals surface area contributed by atoms with E-state index in [0.717, 1.165) is 5.56 Å². The van der Waals surface area contributed by atoms with E-state index in [1.54, 1.807) is 48.5 Å². The number of sulfonamides is 1. The molecule has 0 spiro atoms. The second kappa shape index (κ2) is 7.42. The highest BCUT2D eigenvalue weighted by Gasteiger charge is 2.10. The second-order valence-electron chi connectivity index (χ2n) is 4.33. The number of ether oxygens (including phenoxy) is 1. The molecule has 114 valence electrons. The quantitative estimate of drug-likeness (QED) is 0.485. The molecule has 0 heterocycles. The molecule has 22 heavy (non-hydrogen) atoms. The smallest absolute Gasteiger partial charge is 0.276 e. The number of nitrogens with zero attached hydrogens (tertiary/aromatic N) is 1. The summed E-state index contributed by atoms with van der Waals surface area (Å²) in [5.41, 5.74) is 0.752. The molecule has 0 saturated heterocycles. The van der Waals surface area contributed by atoms with Crippen LogP contribution in [0.2, 0.25) is 0 Å². The van der Waals surface area contributed by atoms with Crippen molar-refractivity contribution >= 4 is 16.2 Å². The van der Waals surface area contributed by atoms with Gasteiger partial charge in [0, 0.05) is 0 Å². The van der Waals surface area contributed by atoms with Gasteiger partial charge >= 0.3 is 0 Å². The minimum atomic E-state index is -3.63. The van der Waals surface area contributed by atoms with Crippen molar-refractivity contribution in [2.45, 2.75) is 4.90 Å². The molecule has 0 unspecified atom stereocenters. The monoisotopic (exact) mass is 316 g/mol. The Morgan fingerprint density at radius 3 is 2.41 bits per heavy atom. The van der Waals surface area contributed by atoms with Crippen LogP contribution in [-0.2, 0) is 10.0 Å². The minimum absolute atomic E-state index is 0.167. The van der Waals surface area contributed by atoms with Gasteiger partial charge in [-0.05, 0) is 42.0 Å². The van der Waals surface area contributed by atoms with Crippen LogP contribution in [-0.4, -0.2) is 21.2 Å². The van der Waals surface area contributed by atoms with E-state index in [1.807, 2.05) is 0 Å². The topological polar surface area (TPSA) is 67.8 Å². The van der Waals surface area contributed by atoms with E-state index >= 15 is 0 Å². The molecule has 1 N–H and O–H groups in total. The molecule has 0 saturated carbocycles. The zero-order valence-corrected chi connectivity index (χ0v) is 12.7. The van der Waals surface area contributed by atoms with Gasteiger partial charge in [0.25, 0.3) is 10.0 Å². The predicted octanol–water partition coefficient (Wildman–Crippen LogP) is 2.56. The van der Waals surface area contributed by atoms with Gasteiger partial charge in [0.2, 0.25) is 0 Å². The molecule has 0 aromatic heterocycles. The first-order valence-corrected chi connectivity index (χ1v) is 8.04. The van der Waals surface area contributed by atoms with Crippen molar-refractivity contribution in [2.24, 2.45) is 5.10 Å². The third kappa shape index (κ3) is 4.46. The molecule has 0 radical (unpaired) electrons. The lowest BCUT2D eigenvalue weighted by Gasteiger charge is -2.03. The fourth-order valence-electron chi connectivity index (χ4n) is 1.63. The Kier molecular flexibility index (Phi) is 5.32. The Morgan fingerprint density at radius 1 is 1.09 bits per heavy atom. The molecule has 0 bridgehead atoms. The summed E-state index contributed by atoms with van der Waals surface area (Å²) in [5, 5.41) is 3.76. The fraction of sp³-hybridized carbons (Fsp3) is 0.0625. The summed E-state index contributed by atoms with van der Waals surface area (Å²) >= 11 is 0. The molecule has 2 aromatic rings. The molecular formula is C16H16N2O3S. The molecule has 6 heteroatoms. The van der Waals surface area contributed by atoms with Crippen molar-refractivity contribution in [3.8, 4) is 5.75 Å². The van der Waals surface area contributed by atoms with Crippen LogP contribution < -0.4 is 9.57 Å². The lowest BCUT2D eigenvalue weighted by Crippen LogP contribution is -2.18. The molecule has 0 aliphatic heterocycles. The summed E-state index contributed by atoms with van der Waals surface area (Å²) in [6, 6.07) is 15.2. The molecule has 0 atom stereocenters. The van der Waals surface area contributed by atoms with Crippen molar-refractivity contribution in [1.82, 2.24) is 4.83 Å². The van der Waals surface area contributed by atoms with Gasteiger partial charge < -0.3 is 4.74 Å². The number of hydrazone groups is 1. The highest BCUT2D eigenvalue weighted by atomic mass is 32.2. The highest BCUT2D eigenvalue weighted by molar-refractivity contribution is 7.89. The number of benzene rings is 2. The first kappa shape index (κ1) is 15.8. The van der Waals surface area contributed by atoms with Gasteiger partial charge in [0.15, 0.2) is 0 Å². The Bertz CT molecular complexity index is 739. The second-order valence-corrected chi connectivity index (χ2v) is 6.00. The maximum Gasteiger partial charge on any atom is 0.276 e. The van der Waals surface area contributed by atoms with Crippen molar-refractivity contribution in [1.29, 1.82) is 0 Å². The zero-order chi connectivity index (χ0) is 15.8. The average molecular weight is 316 g/mol. The van der Waals surface area contributed by atoms with Crippen LogP contribution in [0.4, 0.5) is 0 Å². The average Bonchev–Trinajstić information content (AvgIpc) is 2.55. The largest absolute Gasteiger partial charge is 0.490 e. The van der Waals surface area contributed by atoms with Crippen LogP contribution in [0.5, 0.6) is 5.75 Å². The third-order valence-corrected chi connectivity index (χ3v) is 3.93. The predicted molar refractivity (Wildman–Crippen MR) is 86.5 cm³/mol. The number of rotatable bonds is 7. The van der Waals surface area contributed by atoms with Crippen molar-refractivity contribution in [3.63, 3.8) is 0 Å². The Hall–Kier alpha value is -2.60. The van der Waals surface area contributed by atoms with Gasteiger partial charge in [-0.15, -0.1) is 0 Å². The maximum absolute atomic E-state index is 11.9. The number of hydrogen-bond acceptors (Lipinski definition) is 4. The first-order chi connectivity index (χ1) is 10.6. The number of hydrogen-bond donors (Lipinski definition) is 1. The van der Waals surface area contributed by atoms with Gasteiger partial charge in [-0.3, -0.25) is 0 Å². The van der Waals surface area contributed by atoms with E-state index in [1.165, 1.54) is 18.3 Å². The molecule has 0 amide bonds. The zero-order valence-electron chi connectivity index (χ0n) is 11.8. The van der Waals surface area contributed by atoms with Gasteiger partial charge in [-0.1, -0.05) is 30.9 Å². The van der Waals surface area contributed by atoms with Crippen LogP contribution in [0.1, 0.15) is 5.56 Å². The molecule has 2 rings (SSSR count). The van der Waals surface area contributed by atoms with Crippen molar-refractivity contribution in [2.75, 3.05) is 6.61 Å². The van der Waals surface area contributed by atoms with Crippen LogP contribution in [0, 0.1) is 0 Å². The lowest BCUT2D eigenvalue weighted by atomic mass is 10.2. The van der Waals surface area contributed by atoms with Crippen LogP contribution in [0.25, 0.3) is 0 Å². The summed E-state index contributed by atoms with van der Waals surface area (Å²) in [5.74, 6) is 0.710. The first-order valence-electron chi connectivity index (χ1n) is 6.55. The molecule has 5 nitrogen and oxygen atoms in total. The summed E-state index contributed by atoms with van der Waals surface area (Å²) in [6.45, 7) is 4.01. The van der Waals surface area contributed by atoms with Crippen molar-refractivity contribution < 1.29 is 13.2 Å². The fourth-order valence-corrected chi connectivity index (χ4v) is 2.44. The van der Waals surface area contributed by atoms with Crippen LogP contribution in [0.15, 0.2) is 77.2 Å². The van der Waals surface area contributed by atoms with E-state index in [2.05, 4.69) is 16.5 Å². The Balaban J connectivity index is 1.99. The molecule has 0 aliphatic rings. The molecule has 0 aliphatic carbocycles. The van der Waals surface area contributed by atoms with Crippen LogP contribution >= 0.6 is 0 Å². The highest BCUT2D eigenvalue weighted by Crippen LogP contribution is 2.11. The molecule has 0 fully saturated rings.